The van der Waals surface area contributed by atoms with E-state index in [1.807, 2.05) is 23.1 Å². The smallest absolute Gasteiger partial charge is 0.184 e. The molecule has 1 atom stereocenters. The van der Waals surface area contributed by atoms with Crippen molar-refractivity contribution in [3.63, 3.8) is 0 Å². The maximum atomic E-state index is 14.6. The Hall–Kier alpha value is -2.58. The summed E-state index contributed by atoms with van der Waals surface area (Å²) in [5.74, 6) is -1.06. The first-order valence-corrected chi connectivity index (χ1v) is 9.41. The molecule has 0 bridgehead atoms. The molecule has 2 aromatic rings. The zero-order chi connectivity index (χ0) is 20.1. The average molecular weight is 404 g/mol. The van der Waals surface area contributed by atoms with Crippen LogP contribution >= 0.6 is 12.2 Å². The van der Waals surface area contributed by atoms with Crippen LogP contribution in [-0.4, -0.2) is 42.4 Å². The van der Waals surface area contributed by atoms with Crippen molar-refractivity contribution >= 4 is 29.2 Å². The van der Waals surface area contributed by atoms with Crippen molar-refractivity contribution < 1.29 is 8.78 Å². The van der Waals surface area contributed by atoms with E-state index in [4.69, 9.17) is 5.73 Å². The fourth-order valence-corrected chi connectivity index (χ4v) is 3.45. The van der Waals surface area contributed by atoms with Crippen LogP contribution in [0.5, 0.6) is 0 Å². The fourth-order valence-electron chi connectivity index (χ4n) is 3.40. The Kier molecular flexibility index (Phi) is 6.53. The zero-order valence-electron chi connectivity index (χ0n) is 15.6. The molecule has 0 saturated carbocycles. The predicted molar refractivity (Wildman–Crippen MR) is 112 cm³/mol. The van der Waals surface area contributed by atoms with Crippen molar-refractivity contribution in [3.05, 3.63) is 65.2 Å². The van der Waals surface area contributed by atoms with Crippen LogP contribution in [0, 0.1) is 11.6 Å². The van der Waals surface area contributed by atoms with Crippen LogP contribution in [0.15, 0.2) is 47.6 Å². The van der Waals surface area contributed by atoms with Crippen LogP contribution in [0.4, 0.5) is 14.5 Å². The molecule has 8 heteroatoms. The molecule has 3 N–H and O–H groups in total. The summed E-state index contributed by atoms with van der Waals surface area (Å²) < 4.78 is 29.0. The van der Waals surface area contributed by atoms with E-state index in [0.717, 1.165) is 38.3 Å². The van der Waals surface area contributed by atoms with Gasteiger partial charge < -0.3 is 10.6 Å². The van der Waals surface area contributed by atoms with E-state index in [2.05, 4.69) is 39.8 Å². The SMILES string of the molecule is CN(c1cc(F)c(C=NNC(N)=S)cc1F)[C@@H]1CCN(Cc2ccccc2)C1. The van der Waals surface area contributed by atoms with E-state index in [1.165, 1.54) is 11.6 Å². The van der Waals surface area contributed by atoms with Gasteiger partial charge in [-0.1, -0.05) is 30.3 Å². The number of rotatable bonds is 6. The van der Waals surface area contributed by atoms with Gasteiger partial charge in [-0.3, -0.25) is 10.3 Å². The standard InChI is InChI=1S/C20H23F2N5S/c1-26(16-7-8-27(13-16)12-14-5-3-2-4-6-14)19-10-17(21)15(9-18(19)22)11-24-25-20(23)28/h2-6,9-11,16H,7-8,12-13H2,1H3,(H3,23,25,28)/t16-/m1/s1. The number of nitrogens with zero attached hydrogens (tertiary/aromatic N) is 3. The average Bonchev–Trinajstić information content (AvgIpc) is 3.12. The van der Waals surface area contributed by atoms with Gasteiger partial charge in [0.05, 0.1) is 11.9 Å². The second-order valence-corrected chi connectivity index (χ2v) is 7.27. The van der Waals surface area contributed by atoms with E-state index in [1.54, 1.807) is 7.05 Å². The molecule has 5 nitrogen and oxygen atoms in total. The third-order valence-electron chi connectivity index (χ3n) is 4.87. The van der Waals surface area contributed by atoms with Gasteiger partial charge >= 0.3 is 0 Å². The lowest BCUT2D eigenvalue weighted by Gasteiger charge is -2.27. The lowest BCUT2D eigenvalue weighted by atomic mass is 10.1. The monoisotopic (exact) mass is 403 g/mol. The highest BCUT2D eigenvalue weighted by molar-refractivity contribution is 7.80. The summed E-state index contributed by atoms with van der Waals surface area (Å²) >= 11 is 4.61. The van der Waals surface area contributed by atoms with Crippen LogP contribution in [0.1, 0.15) is 17.5 Å². The van der Waals surface area contributed by atoms with Crippen molar-refractivity contribution in [1.82, 2.24) is 10.3 Å². The highest BCUT2D eigenvalue weighted by Gasteiger charge is 2.27. The molecule has 3 rings (SSSR count). The van der Waals surface area contributed by atoms with Gasteiger partial charge in [0.25, 0.3) is 0 Å². The summed E-state index contributed by atoms with van der Waals surface area (Å²) in [5.41, 5.74) is 9.08. The Morgan fingerprint density at radius 1 is 1.32 bits per heavy atom. The molecule has 0 aromatic heterocycles. The molecule has 0 radical (unpaired) electrons. The van der Waals surface area contributed by atoms with Crippen molar-refractivity contribution in [2.24, 2.45) is 10.8 Å². The normalized spacial score (nSPS) is 17.2. The molecule has 1 saturated heterocycles. The summed E-state index contributed by atoms with van der Waals surface area (Å²) in [4.78, 5) is 4.14. The summed E-state index contributed by atoms with van der Waals surface area (Å²) in [6.45, 7) is 2.57. The number of nitrogens with two attached hydrogens (primary N) is 1. The molecule has 1 aliphatic rings. The largest absolute Gasteiger partial charge is 0.375 e. The number of thiocarbonyl (C=S) groups is 1. The minimum Gasteiger partial charge on any atom is -0.375 e. The number of benzene rings is 2. The molecule has 0 unspecified atom stereocenters. The van der Waals surface area contributed by atoms with Gasteiger partial charge in [-0.05, 0) is 30.3 Å². The number of likely N-dealkylation sites (N-methyl/N-ethyl adjacent to an activating group) is 1. The van der Waals surface area contributed by atoms with E-state index < -0.39 is 11.6 Å². The highest BCUT2D eigenvalue weighted by atomic mass is 32.1. The molecule has 2 aromatic carbocycles. The predicted octanol–water partition coefficient (Wildman–Crippen LogP) is 2.84. The molecular weight excluding hydrogens is 380 g/mol. The van der Waals surface area contributed by atoms with Crippen molar-refractivity contribution in [3.8, 4) is 0 Å². The molecule has 1 aliphatic heterocycles. The second kappa shape index (κ2) is 9.07. The van der Waals surface area contributed by atoms with E-state index >= 15 is 0 Å². The van der Waals surface area contributed by atoms with Gasteiger partial charge in [-0.2, -0.15) is 5.10 Å². The van der Waals surface area contributed by atoms with Gasteiger partial charge in [0.1, 0.15) is 11.6 Å². The Bertz CT molecular complexity index is 859. The number of hydrazone groups is 1. The van der Waals surface area contributed by atoms with Gasteiger partial charge in [-0.25, -0.2) is 8.78 Å². The minimum absolute atomic E-state index is 0.0236. The summed E-state index contributed by atoms with van der Waals surface area (Å²) in [6.07, 6.45) is 2.05. The molecule has 148 valence electrons. The van der Waals surface area contributed by atoms with Crippen LogP contribution < -0.4 is 16.1 Å². The quantitative estimate of drug-likeness (QED) is 0.441. The van der Waals surface area contributed by atoms with Gasteiger partial charge in [0.15, 0.2) is 5.11 Å². The molecule has 1 fully saturated rings. The Morgan fingerprint density at radius 2 is 2.07 bits per heavy atom. The first-order valence-electron chi connectivity index (χ1n) is 9.00. The van der Waals surface area contributed by atoms with Crippen LogP contribution in [0.2, 0.25) is 0 Å². The van der Waals surface area contributed by atoms with Crippen molar-refractivity contribution in [2.45, 2.75) is 19.0 Å². The summed E-state index contributed by atoms with van der Waals surface area (Å²) in [5, 5.41) is 3.63. The first kappa shape index (κ1) is 20.2. The lowest BCUT2D eigenvalue weighted by Crippen LogP contribution is -2.35. The number of halogens is 2. The number of hydrogen-bond donors (Lipinski definition) is 2. The molecule has 0 amide bonds. The van der Waals surface area contributed by atoms with Gasteiger partial charge in [0.2, 0.25) is 0 Å². The molecule has 0 aliphatic carbocycles. The van der Waals surface area contributed by atoms with Crippen LogP contribution in [0.3, 0.4) is 0 Å². The third kappa shape index (κ3) is 5.02. The Morgan fingerprint density at radius 3 is 2.79 bits per heavy atom. The maximum Gasteiger partial charge on any atom is 0.184 e. The molecular formula is C20H23F2N5S. The topological polar surface area (TPSA) is 56.9 Å². The highest BCUT2D eigenvalue weighted by Crippen LogP contribution is 2.27. The first-order chi connectivity index (χ1) is 13.4. The number of hydrogen-bond acceptors (Lipinski definition) is 4. The summed E-state index contributed by atoms with van der Waals surface area (Å²) in [6, 6.07) is 12.7. The molecule has 0 spiro atoms. The lowest BCUT2D eigenvalue weighted by molar-refractivity contribution is 0.326. The van der Waals surface area contributed by atoms with Crippen molar-refractivity contribution in [2.75, 3.05) is 25.0 Å². The van der Waals surface area contributed by atoms with Crippen LogP contribution in [-0.2, 0) is 6.54 Å². The Labute approximate surface area is 168 Å². The van der Waals surface area contributed by atoms with Gasteiger partial charge in [-0.15, -0.1) is 0 Å². The third-order valence-corrected chi connectivity index (χ3v) is 4.96. The fraction of sp³-hybridized carbons (Fsp3) is 0.300. The van der Waals surface area contributed by atoms with E-state index in [-0.39, 0.29) is 22.4 Å². The zero-order valence-corrected chi connectivity index (χ0v) is 16.4. The van der Waals surface area contributed by atoms with E-state index in [0.29, 0.717) is 0 Å². The number of likely N-dealkylation sites (tertiary alicyclic amines) is 1. The number of anilines is 1. The van der Waals surface area contributed by atoms with Crippen molar-refractivity contribution in [1.29, 1.82) is 0 Å². The van der Waals surface area contributed by atoms with E-state index in [9.17, 15) is 8.78 Å². The molecule has 28 heavy (non-hydrogen) atoms. The molecule has 1 heterocycles. The minimum atomic E-state index is -0.559. The second-order valence-electron chi connectivity index (χ2n) is 6.83. The Balaban J connectivity index is 1.67. The number of nitrogens with one attached hydrogen (secondary N) is 1. The summed E-state index contributed by atoms with van der Waals surface area (Å²) in [7, 11) is 1.80. The van der Waals surface area contributed by atoms with Gasteiger partial charge in [0, 0.05) is 44.4 Å². The maximum absolute atomic E-state index is 14.6. The van der Waals surface area contributed by atoms with Crippen LogP contribution in [0.25, 0.3) is 0 Å².